The van der Waals surface area contributed by atoms with E-state index in [-0.39, 0.29) is 18.3 Å². The third-order valence-corrected chi connectivity index (χ3v) is 4.39. The Labute approximate surface area is 162 Å². The summed E-state index contributed by atoms with van der Waals surface area (Å²) in [6.07, 6.45) is 1.88. The Morgan fingerprint density at radius 1 is 1.18 bits per heavy atom. The highest BCUT2D eigenvalue weighted by atomic mass is 19.1. The largest absolute Gasteiger partial charge is 0.486 e. The SMILES string of the molecule is Cc1nn(C)cc1CN(C)C(=O)c1ccccc1COc1ccc(F)cc1F. The lowest BCUT2D eigenvalue weighted by atomic mass is 10.1. The van der Waals surface area contributed by atoms with E-state index in [0.717, 1.165) is 23.4 Å². The number of hydrogen-bond donors (Lipinski definition) is 0. The van der Waals surface area contributed by atoms with E-state index in [1.54, 1.807) is 40.9 Å². The highest BCUT2D eigenvalue weighted by Crippen LogP contribution is 2.21. The number of aryl methyl sites for hydroxylation is 2. The maximum atomic E-state index is 13.8. The molecule has 5 nitrogen and oxygen atoms in total. The van der Waals surface area contributed by atoms with Gasteiger partial charge in [0.05, 0.1) is 5.69 Å². The van der Waals surface area contributed by atoms with Crippen molar-refractivity contribution in [1.82, 2.24) is 14.7 Å². The molecule has 1 amide bonds. The van der Waals surface area contributed by atoms with Crippen LogP contribution < -0.4 is 4.74 Å². The number of ether oxygens (including phenoxy) is 1. The number of hydrogen-bond acceptors (Lipinski definition) is 3. The zero-order valence-electron chi connectivity index (χ0n) is 15.9. The van der Waals surface area contributed by atoms with E-state index in [9.17, 15) is 13.6 Å². The standard InChI is InChI=1S/C21H21F2N3O2/c1-14-16(12-26(3)24-14)11-25(2)21(27)18-7-5-4-6-15(18)13-28-20-9-8-17(22)10-19(20)23/h4-10,12H,11,13H2,1-3H3. The summed E-state index contributed by atoms with van der Waals surface area (Å²) < 4.78 is 34.0. The number of aromatic nitrogens is 2. The predicted octanol–water partition coefficient (Wildman–Crippen LogP) is 3.86. The molecule has 1 heterocycles. The average molecular weight is 385 g/mol. The molecule has 0 saturated carbocycles. The van der Waals surface area contributed by atoms with Crippen molar-refractivity contribution in [1.29, 1.82) is 0 Å². The van der Waals surface area contributed by atoms with E-state index >= 15 is 0 Å². The second-order valence-electron chi connectivity index (χ2n) is 6.60. The molecule has 2 aromatic carbocycles. The molecule has 0 unspecified atom stereocenters. The zero-order chi connectivity index (χ0) is 20.3. The molecule has 3 rings (SSSR count). The molecule has 0 aliphatic heterocycles. The molecule has 28 heavy (non-hydrogen) atoms. The molecule has 0 saturated heterocycles. The number of amides is 1. The molecule has 0 fully saturated rings. The van der Waals surface area contributed by atoms with E-state index in [1.165, 1.54) is 6.07 Å². The van der Waals surface area contributed by atoms with Gasteiger partial charge in [-0.15, -0.1) is 0 Å². The van der Waals surface area contributed by atoms with Crippen molar-refractivity contribution in [2.24, 2.45) is 7.05 Å². The van der Waals surface area contributed by atoms with Gasteiger partial charge < -0.3 is 9.64 Å². The Bertz CT molecular complexity index is 1000. The van der Waals surface area contributed by atoms with Gasteiger partial charge in [0.2, 0.25) is 0 Å². The van der Waals surface area contributed by atoms with Gasteiger partial charge in [-0.2, -0.15) is 5.10 Å². The minimum absolute atomic E-state index is 0.00970. The first-order chi connectivity index (χ1) is 13.3. The van der Waals surface area contributed by atoms with Gasteiger partial charge in [-0.25, -0.2) is 8.78 Å². The molecule has 0 atom stereocenters. The van der Waals surface area contributed by atoms with E-state index in [0.29, 0.717) is 17.7 Å². The smallest absolute Gasteiger partial charge is 0.254 e. The molecular weight excluding hydrogens is 364 g/mol. The molecule has 0 aliphatic rings. The molecule has 146 valence electrons. The van der Waals surface area contributed by atoms with Crippen molar-refractivity contribution in [3.8, 4) is 5.75 Å². The van der Waals surface area contributed by atoms with Crippen molar-refractivity contribution in [3.05, 3.63) is 82.7 Å². The minimum Gasteiger partial charge on any atom is -0.486 e. The van der Waals surface area contributed by atoms with Gasteiger partial charge in [-0.1, -0.05) is 18.2 Å². The van der Waals surface area contributed by atoms with Gasteiger partial charge in [0.1, 0.15) is 12.4 Å². The number of carbonyl (C=O) groups is 1. The minimum atomic E-state index is -0.784. The van der Waals surface area contributed by atoms with Gasteiger partial charge >= 0.3 is 0 Å². The van der Waals surface area contributed by atoms with Gasteiger partial charge in [-0.05, 0) is 25.1 Å². The molecular formula is C21H21F2N3O2. The van der Waals surface area contributed by atoms with Crippen LogP contribution in [0, 0.1) is 18.6 Å². The Morgan fingerprint density at radius 2 is 1.93 bits per heavy atom. The molecule has 3 aromatic rings. The van der Waals surface area contributed by atoms with Gasteiger partial charge in [0.15, 0.2) is 11.6 Å². The summed E-state index contributed by atoms with van der Waals surface area (Å²) in [5, 5.41) is 4.29. The summed E-state index contributed by atoms with van der Waals surface area (Å²) in [6.45, 7) is 2.30. The van der Waals surface area contributed by atoms with Crippen LogP contribution in [0.4, 0.5) is 8.78 Å². The Balaban J connectivity index is 1.75. The lowest BCUT2D eigenvalue weighted by molar-refractivity contribution is 0.0782. The Kier molecular flexibility index (Phi) is 5.73. The van der Waals surface area contributed by atoms with E-state index < -0.39 is 11.6 Å². The third-order valence-electron chi connectivity index (χ3n) is 4.39. The second-order valence-corrected chi connectivity index (χ2v) is 6.60. The van der Waals surface area contributed by atoms with Crippen LogP contribution >= 0.6 is 0 Å². The molecule has 1 aromatic heterocycles. The summed E-state index contributed by atoms with van der Waals surface area (Å²) in [4.78, 5) is 14.5. The van der Waals surface area contributed by atoms with E-state index in [1.807, 2.05) is 20.2 Å². The fourth-order valence-electron chi connectivity index (χ4n) is 2.94. The highest BCUT2D eigenvalue weighted by Gasteiger charge is 2.18. The summed E-state index contributed by atoms with van der Waals surface area (Å²) in [5.41, 5.74) is 2.91. The number of rotatable bonds is 6. The van der Waals surface area contributed by atoms with Gasteiger partial charge in [0.25, 0.3) is 5.91 Å². The van der Waals surface area contributed by atoms with Crippen LogP contribution in [0.1, 0.15) is 27.2 Å². The van der Waals surface area contributed by atoms with Crippen LogP contribution in [0.5, 0.6) is 5.75 Å². The first-order valence-electron chi connectivity index (χ1n) is 8.75. The molecule has 0 radical (unpaired) electrons. The lowest BCUT2D eigenvalue weighted by Gasteiger charge is -2.19. The van der Waals surface area contributed by atoms with Crippen LogP contribution in [0.2, 0.25) is 0 Å². The molecule has 0 spiro atoms. The quantitative estimate of drug-likeness (QED) is 0.647. The second kappa shape index (κ2) is 8.21. The highest BCUT2D eigenvalue weighted by molar-refractivity contribution is 5.95. The van der Waals surface area contributed by atoms with Crippen molar-refractivity contribution in [2.75, 3.05) is 7.05 Å². The van der Waals surface area contributed by atoms with Crippen LogP contribution in [-0.2, 0) is 20.2 Å². The number of carbonyl (C=O) groups excluding carboxylic acids is 1. The van der Waals surface area contributed by atoms with Crippen LogP contribution in [0.25, 0.3) is 0 Å². The van der Waals surface area contributed by atoms with Gasteiger partial charge in [0, 0.05) is 49.6 Å². The van der Waals surface area contributed by atoms with Crippen molar-refractivity contribution in [2.45, 2.75) is 20.1 Å². The molecule has 0 bridgehead atoms. The topological polar surface area (TPSA) is 47.4 Å². The third kappa shape index (κ3) is 4.36. The van der Waals surface area contributed by atoms with Crippen molar-refractivity contribution >= 4 is 5.91 Å². The fraction of sp³-hybridized carbons (Fsp3) is 0.238. The molecule has 0 N–H and O–H groups in total. The summed E-state index contributed by atoms with van der Waals surface area (Å²) in [7, 11) is 3.55. The summed E-state index contributed by atoms with van der Waals surface area (Å²) >= 11 is 0. The summed E-state index contributed by atoms with van der Waals surface area (Å²) in [6, 6.07) is 10.1. The summed E-state index contributed by atoms with van der Waals surface area (Å²) in [5.74, 6) is -1.70. The van der Waals surface area contributed by atoms with Crippen LogP contribution in [0.3, 0.4) is 0 Å². The maximum absolute atomic E-state index is 13.8. The number of benzene rings is 2. The lowest BCUT2D eigenvalue weighted by Crippen LogP contribution is -2.27. The van der Waals surface area contributed by atoms with E-state index in [2.05, 4.69) is 5.10 Å². The average Bonchev–Trinajstić information content (AvgIpc) is 2.97. The van der Waals surface area contributed by atoms with Crippen molar-refractivity contribution < 1.29 is 18.3 Å². The normalized spacial score (nSPS) is 10.8. The van der Waals surface area contributed by atoms with Crippen LogP contribution in [0.15, 0.2) is 48.7 Å². The predicted molar refractivity (Wildman–Crippen MR) is 101 cm³/mol. The zero-order valence-corrected chi connectivity index (χ0v) is 15.9. The first kappa shape index (κ1) is 19.5. The van der Waals surface area contributed by atoms with Crippen molar-refractivity contribution in [3.63, 3.8) is 0 Å². The molecule has 7 heteroatoms. The fourth-order valence-corrected chi connectivity index (χ4v) is 2.94. The Hall–Kier alpha value is -3.22. The number of halogens is 2. The van der Waals surface area contributed by atoms with E-state index in [4.69, 9.17) is 4.74 Å². The molecule has 0 aliphatic carbocycles. The maximum Gasteiger partial charge on any atom is 0.254 e. The van der Waals surface area contributed by atoms with Gasteiger partial charge in [-0.3, -0.25) is 9.48 Å². The Morgan fingerprint density at radius 3 is 2.61 bits per heavy atom. The van der Waals surface area contributed by atoms with Crippen LogP contribution in [-0.4, -0.2) is 27.6 Å². The number of nitrogens with zero attached hydrogens (tertiary/aromatic N) is 3. The monoisotopic (exact) mass is 385 g/mol. The first-order valence-corrected chi connectivity index (χ1v) is 8.75.